The number of hydrogen-bond acceptors (Lipinski definition) is 4. The summed E-state index contributed by atoms with van der Waals surface area (Å²) in [6.45, 7) is 10.0. The highest BCUT2D eigenvalue weighted by atomic mass is 19.4. The fourth-order valence-corrected chi connectivity index (χ4v) is 3.15. The molecule has 0 spiro atoms. The van der Waals surface area contributed by atoms with Gasteiger partial charge in [0.15, 0.2) is 6.29 Å². The van der Waals surface area contributed by atoms with Gasteiger partial charge in [-0.15, -0.1) is 23.4 Å². The molecule has 174 valence electrons. The van der Waals surface area contributed by atoms with Crippen molar-refractivity contribution in [1.82, 2.24) is 23.7 Å². The molecule has 7 nitrogen and oxygen atoms in total. The van der Waals surface area contributed by atoms with E-state index in [1.165, 1.54) is 0 Å². The van der Waals surface area contributed by atoms with E-state index in [1.54, 1.807) is 36.1 Å². The smallest absolute Gasteiger partial charge is 0.320 e. The average molecular weight is 459 g/mol. The van der Waals surface area contributed by atoms with Gasteiger partial charge in [-0.2, -0.15) is 13.2 Å². The van der Waals surface area contributed by atoms with Crippen molar-refractivity contribution >= 4 is 11.8 Å². The third-order valence-corrected chi connectivity index (χ3v) is 4.59. The second-order valence-corrected chi connectivity index (χ2v) is 6.54. The van der Waals surface area contributed by atoms with Crippen LogP contribution < -0.4 is 5.69 Å². The SMILES string of the molecule is C=C.CC.Cn1cnnc1Cc1cccc(-n2cc3c(C(F)(F)F)cc(C=O)cn3c2=O)c1. The molecule has 0 amide bonds. The maximum absolute atomic E-state index is 13.4. The molecule has 4 rings (SSSR count). The van der Waals surface area contributed by atoms with Gasteiger partial charge in [-0.25, -0.2) is 4.79 Å². The fraction of sp³-hybridized carbons (Fsp3) is 0.217. The number of nitrogens with zero attached hydrogens (tertiary/aromatic N) is 5. The van der Waals surface area contributed by atoms with Crippen molar-refractivity contribution in [2.45, 2.75) is 26.4 Å². The number of hydrogen-bond donors (Lipinski definition) is 0. The molecule has 0 saturated carbocycles. The van der Waals surface area contributed by atoms with Crippen LogP contribution in [0.3, 0.4) is 0 Å². The third-order valence-electron chi connectivity index (χ3n) is 4.59. The van der Waals surface area contributed by atoms with Gasteiger partial charge in [0, 0.05) is 31.4 Å². The van der Waals surface area contributed by atoms with Gasteiger partial charge in [0.2, 0.25) is 0 Å². The molecule has 33 heavy (non-hydrogen) atoms. The molecule has 0 bridgehead atoms. The molecule has 10 heteroatoms. The van der Waals surface area contributed by atoms with Gasteiger partial charge in [0.1, 0.15) is 12.2 Å². The maximum atomic E-state index is 13.4. The molecule has 1 aromatic carbocycles. The summed E-state index contributed by atoms with van der Waals surface area (Å²) in [6, 6.07) is 7.58. The Labute approximate surface area is 188 Å². The summed E-state index contributed by atoms with van der Waals surface area (Å²) < 4.78 is 44.0. The lowest BCUT2D eigenvalue weighted by Gasteiger charge is -2.08. The predicted molar refractivity (Wildman–Crippen MR) is 120 cm³/mol. The Bertz CT molecular complexity index is 1300. The number of carbonyl (C=O) groups excluding carboxylic acids is 1. The number of benzene rings is 1. The Morgan fingerprint density at radius 3 is 2.39 bits per heavy atom. The molecular formula is C23H24F3N5O2. The monoisotopic (exact) mass is 459 g/mol. The van der Waals surface area contributed by atoms with Gasteiger partial charge in [-0.1, -0.05) is 26.0 Å². The first-order valence-corrected chi connectivity index (χ1v) is 10.0. The number of aryl methyl sites for hydroxylation is 1. The average Bonchev–Trinajstić information content (AvgIpc) is 3.38. The van der Waals surface area contributed by atoms with E-state index in [1.807, 2.05) is 19.9 Å². The van der Waals surface area contributed by atoms with Crippen LogP contribution in [0.2, 0.25) is 0 Å². The second-order valence-electron chi connectivity index (χ2n) is 6.54. The first kappa shape index (κ1) is 25.3. The zero-order chi connectivity index (χ0) is 24.8. The van der Waals surface area contributed by atoms with Crippen molar-refractivity contribution in [1.29, 1.82) is 0 Å². The van der Waals surface area contributed by atoms with Crippen molar-refractivity contribution < 1.29 is 18.0 Å². The zero-order valence-electron chi connectivity index (χ0n) is 18.5. The van der Waals surface area contributed by atoms with E-state index >= 15 is 0 Å². The second kappa shape index (κ2) is 10.6. The Morgan fingerprint density at radius 2 is 1.82 bits per heavy atom. The molecule has 0 unspecified atom stereocenters. The van der Waals surface area contributed by atoms with Gasteiger partial charge in [-0.3, -0.25) is 13.8 Å². The first-order chi connectivity index (χ1) is 15.8. The molecule has 0 fully saturated rings. The summed E-state index contributed by atoms with van der Waals surface area (Å²) in [5.74, 6) is 0.700. The number of aldehydes is 1. The van der Waals surface area contributed by atoms with Crippen LogP contribution in [-0.2, 0) is 19.6 Å². The summed E-state index contributed by atoms with van der Waals surface area (Å²) >= 11 is 0. The predicted octanol–water partition coefficient (Wildman–Crippen LogP) is 4.47. The number of fused-ring (bicyclic) bond motifs is 1. The quantitative estimate of drug-likeness (QED) is 0.333. The van der Waals surface area contributed by atoms with Gasteiger partial charge in [0.05, 0.1) is 16.8 Å². The molecule has 3 heterocycles. The van der Waals surface area contributed by atoms with Gasteiger partial charge in [-0.05, 0) is 23.8 Å². The number of aromatic nitrogens is 5. The van der Waals surface area contributed by atoms with Crippen molar-refractivity contribution in [2.24, 2.45) is 7.05 Å². The van der Waals surface area contributed by atoms with Gasteiger partial charge >= 0.3 is 11.9 Å². The summed E-state index contributed by atoms with van der Waals surface area (Å²) in [5, 5.41) is 7.82. The lowest BCUT2D eigenvalue weighted by atomic mass is 10.1. The highest BCUT2D eigenvalue weighted by Gasteiger charge is 2.34. The topological polar surface area (TPSA) is 74.2 Å². The largest absolute Gasteiger partial charge is 0.418 e. The van der Waals surface area contributed by atoms with Crippen molar-refractivity contribution in [3.63, 3.8) is 0 Å². The minimum absolute atomic E-state index is 0.235. The van der Waals surface area contributed by atoms with E-state index in [2.05, 4.69) is 23.4 Å². The Kier molecular flexibility index (Phi) is 8.11. The highest BCUT2D eigenvalue weighted by Crippen LogP contribution is 2.33. The Hall–Kier alpha value is -3.95. The molecule has 3 aromatic heterocycles. The molecule has 0 atom stereocenters. The lowest BCUT2D eigenvalue weighted by Crippen LogP contribution is -2.19. The Balaban J connectivity index is 0.000000914. The standard InChI is InChI=1S/C19H14F3N5O2.C2H6.C2H4/c1-25-11-23-24-17(25)7-12-3-2-4-14(5-12)26-9-16-15(19(20,21)22)6-13(10-28)8-27(16)18(26)29;2*1-2/h2-6,8-11H,7H2,1H3;1-2H3;1-2H2. The van der Waals surface area contributed by atoms with Crippen LogP contribution in [0.5, 0.6) is 0 Å². The third kappa shape index (κ3) is 5.28. The maximum Gasteiger partial charge on any atom is 0.418 e. The van der Waals surface area contributed by atoms with E-state index < -0.39 is 17.4 Å². The first-order valence-electron chi connectivity index (χ1n) is 10.0. The van der Waals surface area contributed by atoms with Crippen molar-refractivity contribution in [3.8, 4) is 5.69 Å². The van der Waals surface area contributed by atoms with Crippen LogP contribution in [0.25, 0.3) is 11.2 Å². The lowest BCUT2D eigenvalue weighted by molar-refractivity contribution is -0.136. The van der Waals surface area contributed by atoms with Gasteiger partial charge < -0.3 is 4.57 Å². The number of imidazole rings is 1. The Morgan fingerprint density at radius 1 is 1.12 bits per heavy atom. The van der Waals surface area contributed by atoms with E-state index in [0.717, 1.165) is 33.0 Å². The molecule has 0 saturated heterocycles. The zero-order valence-corrected chi connectivity index (χ0v) is 18.5. The molecule has 0 aliphatic carbocycles. The van der Waals surface area contributed by atoms with Crippen LogP contribution in [0.1, 0.15) is 41.2 Å². The molecule has 4 aromatic rings. The van der Waals surface area contributed by atoms with E-state index in [4.69, 9.17) is 0 Å². The molecule has 0 radical (unpaired) electrons. The number of rotatable bonds is 4. The van der Waals surface area contributed by atoms with Gasteiger partial charge in [0.25, 0.3) is 0 Å². The fourth-order valence-electron chi connectivity index (χ4n) is 3.15. The van der Waals surface area contributed by atoms with E-state index in [9.17, 15) is 22.8 Å². The van der Waals surface area contributed by atoms with Crippen molar-refractivity contribution in [2.75, 3.05) is 0 Å². The summed E-state index contributed by atoms with van der Waals surface area (Å²) in [5.41, 5.74) is -1.10. The van der Waals surface area contributed by atoms with Crippen LogP contribution in [0.15, 0.2) is 67.0 Å². The van der Waals surface area contributed by atoms with E-state index in [-0.39, 0.29) is 17.4 Å². The molecule has 0 aliphatic heterocycles. The van der Waals surface area contributed by atoms with Crippen LogP contribution in [-0.4, -0.2) is 30.0 Å². The number of halogens is 3. The normalized spacial score (nSPS) is 10.7. The summed E-state index contributed by atoms with van der Waals surface area (Å²) in [6.07, 6.45) is -0.208. The minimum Gasteiger partial charge on any atom is -0.320 e. The van der Waals surface area contributed by atoms with Crippen LogP contribution in [0.4, 0.5) is 13.2 Å². The summed E-state index contributed by atoms with van der Waals surface area (Å²) in [7, 11) is 1.80. The van der Waals surface area contributed by atoms with Crippen molar-refractivity contribution in [3.05, 3.63) is 95.2 Å². The van der Waals surface area contributed by atoms with Crippen LogP contribution in [0, 0.1) is 0 Å². The number of carbonyl (C=O) groups is 1. The molecular weight excluding hydrogens is 435 g/mol. The van der Waals surface area contributed by atoms with Crippen LogP contribution >= 0.6 is 0 Å². The number of alkyl halides is 3. The molecule has 0 aliphatic rings. The molecule has 0 N–H and O–H groups in total. The minimum atomic E-state index is -4.71. The van der Waals surface area contributed by atoms with E-state index in [0.29, 0.717) is 17.9 Å². The highest BCUT2D eigenvalue weighted by molar-refractivity contribution is 5.76. The number of pyridine rings is 1. The summed E-state index contributed by atoms with van der Waals surface area (Å²) in [4.78, 5) is 23.8.